The Morgan fingerprint density at radius 1 is 1.10 bits per heavy atom. The smallest absolute Gasteiger partial charge is 0.152 e. The summed E-state index contributed by atoms with van der Waals surface area (Å²) >= 11 is 1.78. The fourth-order valence-electron chi connectivity index (χ4n) is 4.02. The molecule has 30 heavy (non-hydrogen) atoms. The van der Waals surface area contributed by atoms with Crippen LogP contribution in [-0.4, -0.2) is 44.6 Å². The van der Waals surface area contributed by atoms with Gasteiger partial charge in [0.05, 0.1) is 32.8 Å². The zero-order valence-corrected chi connectivity index (χ0v) is 17.2. The summed E-state index contributed by atoms with van der Waals surface area (Å²) in [6, 6.07) is 18.0. The number of piperidine rings is 1. The predicted octanol–water partition coefficient (Wildman–Crippen LogP) is 4.84. The predicted molar refractivity (Wildman–Crippen MR) is 119 cm³/mol. The lowest BCUT2D eigenvalue weighted by Crippen LogP contribution is -2.34. The molecule has 0 spiro atoms. The molecule has 0 atom stereocenters. The Hall–Kier alpha value is -3.21. The number of fused-ring (bicyclic) bond motifs is 2. The van der Waals surface area contributed by atoms with E-state index in [9.17, 15) is 10.4 Å². The number of aliphatic hydroxyl groups is 1. The summed E-state index contributed by atoms with van der Waals surface area (Å²) in [5.74, 6) is 0.936. The summed E-state index contributed by atoms with van der Waals surface area (Å²) in [5.41, 5.74) is 2.92. The number of rotatable bonds is 4. The second-order valence-corrected chi connectivity index (χ2v) is 8.67. The van der Waals surface area contributed by atoms with Crippen molar-refractivity contribution in [2.75, 3.05) is 19.6 Å². The van der Waals surface area contributed by atoms with Crippen LogP contribution in [0.5, 0.6) is 0 Å². The van der Waals surface area contributed by atoms with Gasteiger partial charge in [-0.1, -0.05) is 24.3 Å². The maximum atomic E-state index is 10.7. The van der Waals surface area contributed by atoms with Crippen LogP contribution in [0, 0.1) is 11.3 Å². The molecule has 0 radical (unpaired) electrons. The summed E-state index contributed by atoms with van der Waals surface area (Å²) in [7, 11) is 0. The highest BCUT2D eigenvalue weighted by Crippen LogP contribution is 2.34. The van der Waals surface area contributed by atoms with Gasteiger partial charge in [-0.25, -0.2) is 9.97 Å². The number of thiazole rings is 1. The minimum atomic E-state index is 0.0648. The number of benzene rings is 2. The number of nitrogens with one attached hydrogen (secondary N) is 1. The van der Waals surface area contributed by atoms with Crippen molar-refractivity contribution in [2.45, 2.75) is 18.8 Å². The fraction of sp³-hybridized carbons (Fsp3) is 0.261. The molecule has 0 saturated carbocycles. The number of hydrogen-bond acceptors (Lipinski definition) is 6. The molecule has 1 saturated heterocycles. The minimum Gasteiger partial charge on any atom is -0.509 e. The zero-order chi connectivity index (χ0) is 20.5. The van der Waals surface area contributed by atoms with E-state index in [0.717, 1.165) is 42.5 Å². The van der Waals surface area contributed by atoms with Gasteiger partial charge in [0.15, 0.2) is 5.82 Å². The molecule has 5 rings (SSSR count). The number of aromatic amines is 1. The van der Waals surface area contributed by atoms with Crippen molar-refractivity contribution in [3.63, 3.8) is 0 Å². The summed E-state index contributed by atoms with van der Waals surface area (Å²) in [6.45, 7) is 2.08. The maximum Gasteiger partial charge on any atom is 0.152 e. The van der Waals surface area contributed by atoms with Crippen molar-refractivity contribution < 1.29 is 5.11 Å². The van der Waals surface area contributed by atoms with Crippen molar-refractivity contribution in [2.24, 2.45) is 0 Å². The molecule has 4 aromatic rings. The standard InChI is InChI=1S/C23H21N5OS/c24-13-16(22-25-17-5-1-2-6-18(17)26-22)20(29)14-28-11-9-15(10-12-28)23-27-19-7-3-4-8-21(19)30-23/h1-8,15,29H,9-12,14H2,(H,25,26). The molecule has 1 fully saturated rings. The van der Waals surface area contributed by atoms with Gasteiger partial charge in [0.2, 0.25) is 0 Å². The number of para-hydroxylation sites is 3. The highest BCUT2D eigenvalue weighted by atomic mass is 32.1. The Morgan fingerprint density at radius 3 is 2.57 bits per heavy atom. The molecule has 0 aliphatic carbocycles. The lowest BCUT2D eigenvalue weighted by Gasteiger charge is -2.30. The summed E-state index contributed by atoms with van der Waals surface area (Å²) < 4.78 is 1.24. The van der Waals surface area contributed by atoms with E-state index in [2.05, 4.69) is 39.1 Å². The van der Waals surface area contributed by atoms with E-state index in [-0.39, 0.29) is 11.3 Å². The van der Waals surface area contributed by atoms with Gasteiger partial charge in [0, 0.05) is 5.92 Å². The van der Waals surface area contributed by atoms with Gasteiger partial charge in [-0.2, -0.15) is 5.26 Å². The molecule has 3 heterocycles. The van der Waals surface area contributed by atoms with Crippen molar-refractivity contribution in [3.8, 4) is 6.07 Å². The molecule has 0 bridgehead atoms. The second-order valence-electron chi connectivity index (χ2n) is 7.61. The minimum absolute atomic E-state index is 0.0648. The Bertz CT molecular complexity index is 1210. The van der Waals surface area contributed by atoms with E-state index in [0.29, 0.717) is 18.3 Å². The van der Waals surface area contributed by atoms with Gasteiger partial charge < -0.3 is 10.1 Å². The van der Waals surface area contributed by atoms with Crippen molar-refractivity contribution in [1.82, 2.24) is 19.9 Å². The van der Waals surface area contributed by atoms with E-state index in [4.69, 9.17) is 4.98 Å². The third-order valence-corrected chi connectivity index (χ3v) is 6.85. The summed E-state index contributed by atoms with van der Waals surface area (Å²) in [5, 5.41) is 21.5. The first-order valence-electron chi connectivity index (χ1n) is 10.1. The van der Waals surface area contributed by atoms with Crippen molar-refractivity contribution in [1.29, 1.82) is 5.26 Å². The number of aliphatic hydroxyl groups excluding tert-OH is 1. The average molecular weight is 416 g/mol. The fourth-order valence-corrected chi connectivity index (χ4v) is 5.16. The summed E-state index contributed by atoms with van der Waals surface area (Å²) in [4.78, 5) is 14.6. The maximum absolute atomic E-state index is 10.7. The first kappa shape index (κ1) is 18.8. The van der Waals surface area contributed by atoms with Gasteiger partial charge in [-0.15, -0.1) is 11.3 Å². The van der Waals surface area contributed by atoms with Gasteiger partial charge in [0.25, 0.3) is 0 Å². The number of H-pyrrole nitrogens is 1. The zero-order valence-electron chi connectivity index (χ0n) is 16.4. The summed E-state index contributed by atoms with van der Waals surface area (Å²) in [6.07, 6.45) is 2.00. The first-order chi connectivity index (χ1) is 14.7. The van der Waals surface area contributed by atoms with Gasteiger partial charge in [-0.3, -0.25) is 4.90 Å². The second kappa shape index (κ2) is 7.90. The van der Waals surface area contributed by atoms with Crippen LogP contribution in [0.2, 0.25) is 0 Å². The lowest BCUT2D eigenvalue weighted by molar-refractivity contribution is 0.202. The number of imidazole rings is 1. The molecular weight excluding hydrogens is 394 g/mol. The molecule has 1 aliphatic heterocycles. The highest BCUT2D eigenvalue weighted by Gasteiger charge is 2.25. The lowest BCUT2D eigenvalue weighted by atomic mass is 9.97. The van der Waals surface area contributed by atoms with E-state index in [1.54, 1.807) is 11.3 Å². The molecule has 1 aliphatic rings. The molecule has 2 aromatic heterocycles. The largest absolute Gasteiger partial charge is 0.509 e. The van der Waals surface area contributed by atoms with Crippen molar-refractivity contribution >= 4 is 38.2 Å². The third kappa shape index (κ3) is 3.56. The molecule has 7 heteroatoms. The SMILES string of the molecule is N#CC(=C(O)CN1CCC(c2nc3ccccc3s2)CC1)c1nc2ccccc2[nH]1. The van der Waals surface area contributed by atoms with E-state index in [1.165, 1.54) is 9.71 Å². The average Bonchev–Trinajstić information content (AvgIpc) is 3.39. The molecule has 0 amide bonds. The van der Waals surface area contributed by atoms with Crippen LogP contribution in [0.4, 0.5) is 0 Å². The Labute approximate surface area is 178 Å². The van der Waals surface area contributed by atoms with Crippen LogP contribution in [0.15, 0.2) is 54.3 Å². The third-order valence-electron chi connectivity index (χ3n) is 5.65. The van der Waals surface area contributed by atoms with Crippen molar-refractivity contribution in [3.05, 3.63) is 65.1 Å². The topological polar surface area (TPSA) is 88.8 Å². The first-order valence-corrected chi connectivity index (χ1v) is 10.9. The van der Waals surface area contributed by atoms with Gasteiger partial charge in [0.1, 0.15) is 17.4 Å². The van der Waals surface area contributed by atoms with Crippen LogP contribution in [-0.2, 0) is 0 Å². The Morgan fingerprint density at radius 2 is 1.83 bits per heavy atom. The van der Waals surface area contributed by atoms with Crippen LogP contribution >= 0.6 is 11.3 Å². The van der Waals surface area contributed by atoms with Gasteiger partial charge in [-0.05, 0) is 50.2 Å². The molecule has 2 aromatic carbocycles. The van der Waals surface area contributed by atoms with Crippen LogP contribution < -0.4 is 0 Å². The Balaban J connectivity index is 1.28. The Kier molecular flexibility index (Phi) is 4.95. The van der Waals surface area contributed by atoms with Crippen LogP contribution in [0.25, 0.3) is 26.8 Å². The number of hydrogen-bond donors (Lipinski definition) is 2. The van der Waals surface area contributed by atoms with Crippen LogP contribution in [0.1, 0.15) is 29.6 Å². The number of allylic oxidation sites excluding steroid dienone is 1. The van der Waals surface area contributed by atoms with Gasteiger partial charge >= 0.3 is 0 Å². The molecular formula is C23H21N5OS. The quantitative estimate of drug-likeness (QED) is 0.368. The van der Waals surface area contributed by atoms with E-state index >= 15 is 0 Å². The normalized spacial score (nSPS) is 16.6. The number of aromatic nitrogens is 3. The van der Waals surface area contributed by atoms with E-state index in [1.807, 2.05) is 30.3 Å². The number of nitriles is 1. The van der Waals surface area contributed by atoms with E-state index < -0.39 is 0 Å². The number of likely N-dealkylation sites (tertiary alicyclic amines) is 1. The molecule has 0 unspecified atom stereocenters. The molecule has 150 valence electrons. The monoisotopic (exact) mass is 415 g/mol. The number of nitrogens with zero attached hydrogens (tertiary/aromatic N) is 4. The molecule has 6 nitrogen and oxygen atoms in total. The molecule has 2 N–H and O–H groups in total. The highest BCUT2D eigenvalue weighted by molar-refractivity contribution is 7.18. The van der Waals surface area contributed by atoms with Crippen LogP contribution in [0.3, 0.4) is 0 Å².